The zero-order valence-corrected chi connectivity index (χ0v) is 20.5. The quantitative estimate of drug-likeness (QED) is 0.218. The third kappa shape index (κ3) is 8.12. The summed E-state index contributed by atoms with van der Waals surface area (Å²) < 4.78 is 58.2. The largest absolute Gasteiger partial charge is 0.481 e. The number of hydrogen-bond donors (Lipinski definition) is 2. The van der Waals surface area contributed by atoms with Crippen LogP contribution in [0.1, 0.15) is 37.0 Å². The number of aliphatic carboxylic acids is 1. The first-order valence-corrected chi connectivity index (χ1v) is 11.4. The number of halogens is 4. The molecule has 0 saturated heterocycles. The lowest BCUT2D eigenvalue weighted by Gasteiger charge is -2.15. The molecule has 2 N–H and O–H groups in total. The highest BCUT2D eigenvalue weighted by atomic mass is 19.2. The van der Waals surface area contributed by atoms with Crippen LogP contribution in [0.2, 0.25) is 0 Å². The molecule has 7 nitrogen and oxygen atoms in total. The predicted octanol–water partition coefficient (Wildman–Crippen LogP) is 4.85. The lowest BCUT2D eigenvalue weighted by molar-refractivity contribution is -0.134. The van der Waals surface area contributed by atoms with Crippen molar-refractivity contribution < 1.29 is 46.6 Å². The van der Waals surface area contributed by atoms with Crippen molar-refractivity contribution in [3.63, 3.8) is 0 Å². The van der Waals surface area contributed by atoms with E-state index in [9.17, 15) is 31.9 Å². The summed E-state index contributed by atoms with van der Waals surface area (Å²) in [5.41, 5.74) is 0.486. The smallest absolute Gasteiger partial charge is 0.300 e. The summed E-state index contributed by atoms with van der Waals surface area (Å²) >= 11 is 0. The maximum atomic E-state index is 13.6. The number of carboxylic acids is 1. The lowest BCUT2D eigenvalue weighted by Crippen LogP contribution is -2.37. The van der Waals surface area contributed by atoms with Crippen molar-refractivity contribution in [2.75, 3.05) is 13.2 Å². The molecule has 0 spiro atoms. The number of amides is 1. The predicted molar refractivity (Wildman–Crippen MR) is 130 cm³/mol. The van der Waals surface area contributed by atoms with Crippen LogP contribution in [0.3, 0.4) is 0 Å². The minimum Gasteiger partial charge on any atom is -0.481 e. The fourth-order valence-corrected chi connectivity index (χ4v) is 3.44. The van der Waals surface area contributed by atoms with E-state index in [0.29, 0.717) is 12.0 Å². The Labute approximate surface area is 215 Å². The van der Waals surface area contributed by atoms with Gasteiger partial charge in [0.25, 0.3) is 5.97 Å². The first-order chi connectivity index (χ1) is 18.0. The molecule has 0 fully saturated rings. The number of carboxylic acid groups (broad SMARTS) is 1. The molecule has 1 amide bonds. The van der Waals surface area contributed by atoms with Crippen LogP contribution in [-0.2, 0) is 14.4 Å². The standard InChI is InChI=1S/C25H21F4NO4.C2H4O2/c1-2-14(10-21(32)18-9-5-7-15-6-3-4-8-17(15)18)25(33)30-12-16(31)13-34-24-22(28)19(26)11-20(27)23(24)29;1-2(3)4/h3-9,11,14H,2,10,12-13H2,1H3,(H,30,33);1H3,(H,3,4). The van der Waals surface area contributed by atoms with Gasteiger partial charge in [-0.2, -0.15) is 8.78 Å². The number of fused-ring (bicyclic) bond motifs is 1. The van der Waals surface area contributed by atoms with E-state index in [-0.39, 0.29) is 18.3 Å². The summed E-state index contributed by atoms with van der Waals surface area (Å²) in [6, 6.07) is 12.7. The van der Waals surface area contributed by atoms with Gasteiger partial charge in [-0.05, 0) is 17.2 Å². The van der Waals surface area contributed by atoms with Gasteiger partial charge in [-0.15, -0.1) is 0 Å². The lowest BCUT2D eigenvalue weighted by atomic mass is 9.92. The van der Waals surface area contributed by atoms with E-state index >= 15 is 0 Å². The highest BCUT2D eigenvalue weighted by Crippen LogP contribution is 2.26. The van der Waals surface area contributed by atoms with Gasteiger partial charge < -0.3 is 15.2 Å². The molecule has 3 aromatic rings. The SMILES string of the molecule is CC(=O)O.CCC(CC(=O)c1cccc2ccccc12)C(=O)NCC(=O)COc1c(F)c(F)cc(F)c1F. The van der Waals surface area contributed by atoms with Crippen LogP contribution in [0.15, 0.2) is 48.5 Å². The number of ketones is 2. The molecular formula is C27H25F4NO6. The van der Waals surface area contributed by atoms with Gasteiger partial charge in [0.15, 0.2) is 29.0 Å². The van der Waals surface area contributed by atoms with Gasteiger partial charge in [-0.1, -0.05) is 49.4 Å². The minimum absolute atomic E-state index is 0.0179. The van der Waals surface area contributed by atoms with Gasteiger partial charge in [0.1, 0.15) is 6.61 Å². The second kappa shape index (κ2) is 13.9. The summed E-state index contributed by atoms with van der Waals surface area (Å²) in [6.07, 6.45) is 0.242. The molecule has 0 aliphatic rings. The van der Waals surface area contributed by atoms with Crippen LogP contribution in [0, 0.1) is 29.2 Å². The van der Waals surface area contributed by atoms with Crippen LogP contribution < -0.4 is 10.1 Å². The van der Waals surface area contributed by atoms with Crippen molar-refractivity contribution in [3.8, 4) is 5.75 Å². The van der Waals surface area contributed by atoms with Gasteiger partial charge in [0.2, 0.25) is 17.5 Å². The van der Waals surface area contributed by atoms with Crippen molar-refractivity contribution in [3.05, 3.63) is 77.4 Å². The van der Waals surface area contributed by atoms with Gasteiger partial charge >= 0.3 is 0 Å². The number of hydrogen-bond acceptors (Lipinski definition) is 5. The number of Topliss-reactive ketones (excluding diaryl/α,β-unsaturated/α-hetero) is 2. The molecule has 38 heavy (non-hydrogen) atoms. The van der Waals surface area contributed by atoms with E-state index in [2.05, 4.69) is 10.1 Å². The molecule has 11 heteroatoms. The monoisotopic (exact) mass is 535 g/mol. The summed E-state index contributed by atoms with van der Waals surface area (Å²) in [7, 11) is 0. The number of benzene rings is 3. The molecule has 1 unspecified atom stereocenters. The van der Waals surface area contributed by atoms with E-state index in [1.807, 2.05) is 30.3 Å². The zero-order valence-electron chi connectivity index (χ0n) is 20.5. The van der Waals surface area contributed by atoms with Crippen LogP contribution in [0.4, 0.5) is 17.6 Å². The van der Waals surface area contributed by atoms with Crippen LogP contribution in [0.25, 0.3) is 10.8 Å². The molecule has 3 rings (SSSR count). The fraction of sp³-hybridized carbons (Fsp3) is 0.259. The van der Waals surface area contributed by atoms with E-state index in [1.165, 1.54) is 0 Å². The molecular weight excluding hydrogens is 510 g/mol. The molecule has 202 valence electrons. The Morgan fingerprint density at radius 1 is 0.947 bits per heavy atom. The Morgan fingerprint density at radius 3 is 2.13 bits per heavy atom. The van der Waals surface area contributed by atoms with E-state index < -0.39 is 65.7 Å². The maximum absolute atomic E-state index is 13.6. The number of rotatable bonds is 10. The van der Waals surface area contributed by atoms with Crippen LogP contribution in [-0.4, -0.2) is 41.7 Å². The topological polar surface area (TPSA) is 110 Å². The Balaban J connectivity index is 0.00000118. The molecule has 0 radical (unpaired) electrons. The van der Waals surface area contributed by atoms with Crippen molar-refractivity contribution >= 4 is 34.2 Å². The second-order valence-electron chi connectivity index (χ2n) is 8.12. The van der Waals surface area contributed by atoms with Crippen molar-refractivity contribution in [2.45, 2.75) is 26.7 Å². The highest BCUT2D eigenvalue weighted by Gasteiger charge is 2.24. The van der Waals surface area contributed by atoms with Crippen molar-refractivity contribution in [1.29, 1.82) is 0 Å². The van der Waals surface area contributed by atoms with Crippen LogP contribution in [0.5, 0.6) is 5.75 Å². The maximum Gasteiger partial charge on any atom is 0.300 e. The van der Waals surface area contributed by atoms with Crippen molar-refractivity contribution in [1.82, 2.24) is 5.32 Å². The van der Waals surface area contributed by atoms with Gasteiger partial charge in [-0.3, -0.25) is 19.2 Å². The molecule has 0 bridgehead atoms. The molecule has 0 aliphatic carbocycles. The average molecular weight is 535 g/mol. The average Bonchev–Trinajstić information content (AvgIpc) is 2.88. The normalized spacial score (nSPS) is 11.2. The molecule has 0 aromatic heterocycles. The van der Waals surface area contributed by atoms with Crippen LogP contribution >= 0.6 is 0 Å². The first kappa shape index (κ1) is 29.9. The summed E-state index contributed by atoms with van der Waals surface area (Å²) in [5.74, 6) is -11.4. The van der Waals surface area contributed by atoms with E-state index in [1.54, 1.807) is 19.1 Å². The molecule has 0 aliphatic heterocycles. The Bertz CT molecular complexity index is 1310. The van der Waals surface area contributed by atoms with E-state index in [0.717, 1.165) is 17.7 Å². The van der Waals surface area contributed by atoms with Gasteiger partial charge in [0, 0.05) is 30.9 Å². The molecule has 3 aromatic carbocycles. The fourth-order valence-electron chi connectivity index (χ4n) is 3.44. The van der Waals surface area contributed by atoms with E-state index in [4.69, 9.17) is 9.90 Å². The number of nitrogens with one attached hydrogen (secondary N) is 1. The third-order valence-electron chi connectivity index (χ3n) is 5.29. The first-order valence-electron chi connectivity index (χ1n) is 11.4. The van der Waals surface area contributed by atoms with Gasteiger partial charge in [-0.25, -0.2) is 8.78 Å². The van der Waals surface area contributed by atoms with Gasteiger partial charge in [0.05, 0.1) is 6.54 Å². The number of carbonyl (C=O) groups excluding carboxylic acids is 3. The molecule has 0 saturated carbocycles. The Morgan fingerprint density at radius 2 is 1.53 bits per heavy atom. The summed E-state index contributed by atoms with van der Waals surface area (Å²) in [6.45, 7) is 1.32. The highest BCUT2D eigenvalue weighted by molar-refractivity contribution is 6.09. The molecule has 0 heterocycles. The number of ether oxygens (including phenoxy) is 1. The summed E-state index contributed by atoms with van der Waals surface area (Å²) in [4.78, 5) is 46.3. The molecule has 1 atom stereocenters. The Kier molecular flexibility index (Phi) is 10.9. The van der Waals surface area contributed by atoms with Crippen molar-refractivity contribution in [2.24, 2.45) is 5.92 Å². The third-order valence-corrected chi connectivity index (χ3v) is 5.29. The zero-order chi connectivity index (χ0) is 28.4. The second-order valence-corrected chi connectivity index (χ2v) is 8.12. The summed E-state index contributed by atoms with van der Waals surface area (Å²) in [5, 5.41) is 11.4. The Hall–Kier alpha value is -4.28. The number of carbonyl (C=O) groups is 4. The minimum atomic E-state index is -1.77.